The second-order valence-electron chi connectivity index (χ2n) is 9.50. The van der Waals surface area contributed by atoms with E-state index in [-0.39, 0.29) is 17.5 Å². The van der Waals surface area contributed by atoms with Crippen molar-refractivity contribution in [1.82, 2.24) is 19.4 Å². The van der Waals surface area contributed by atoms with Crippen LogP contribution >= 0.6 is 22.9 Å². The van der Waals surface area contributed by atoms with E-state index in [1.165, 1.54) is 24.0 Å². The maximum Gasteiger partial charge on any atom is 0.410 e. The lowest BCUT2D eigenvalue weighted by atomic mass is 10.0. The Morgan fingerprint density at radius 2 is 2.00 bits per heavy atom. The quantitative estimate of drug-likeness (QED) is 0.188. The summed E-state index contributed by atoms with van der Waals surface area (Å²) in [5.74, 6) is 0.545. The Morgan fingerprint density at radius 1 is 1.23 bits per heavy atom. The van der Waals surface area contributed by atoms with E-state index in [0.29, 0.717) is 62.1 Å². The van der Waals surface area contributed by atoms with Crippen LogP contribution in [0.3, 0.4) is 0 Å². The van der Waals surface area contributed by atoms with Gasteiger partial charge in [-0.1, -0.05) is 23.7 Å². The third-order valence-electron chi connectivity index (χ3n) is 6.83. The van der Waals surface area contributed by atoms with Crippen molar-refractivity contribution in [1.29, 1.82) is 5.41 Å². The van der Waals surface area contributed by atoms with Crippen LogP contribution < -0.4 is 17.0 Å². The Kier molecular flexibility index (Phi) is 7.53. The number of nitrogens with zero attached hydrogens (tertiary/aromatic N) is 4. The van der Waals surface area contributed by atoms with Crippen molar-refractivity contribution in [2.45, 2.75) is 38.8 Å². The molecule has 2 aliphatic rings. The maximum atomic E-state index is 13.1. The minimum atomic E-state index is -0.163. The molecule has 0 bridgehead atoms. The number of hydrogen-bond donors (Lipinski definition) is 3. The molecule has 0 spiro atoms. The van der Waals surface area contributed by atoms with Gasteiger partial charge in [0.2, 0.25) is 0 Å². The van der Waals surface area contributed by atoms with Crippen LogP contribution in [0.25, 0.3) is 21.5 Å². The lowest BCUT2D eigenvalue weighted by Gasteiger charge is -2.25. The van der Waals surface area contributed by atoms with Crippen LogP contribution in [0, 0.1) is 12.3 Å². The van der Waals surface area contributed by atoms with Gasteiger partial charge < -0.3 is 21.1 Å². The molecule has 1 atom stereocenters. The zero-order valence-electron chi connectivity index (χ0n) is 21.3. The second kappa shape index (κ2) is 11.0. The number of nitrogens with two attached hydrogens (primary N) is 2. The van der Waals surface area contributed by atoms with E-state index in [0.717, 1.165) is 24.9 Å². The second-order valence-corrected chi connectivity index (χ2v) is 11.0. The number of rotatable bonds is 4. The standard InChI is InChI=1S/C20H17ClN6OS.C7H11NO2/c1-10-26-16-7-13(19-25-8-17(29-19)18(23)24)15(22)6-14(16)20(28)27(10)9-11-2-4-12(21)5-3-11;9-7-8-4-2-1-3-6(8)5-10-7/h2-8H,9,22H2,1H3,(H3,23,24);6H,1-5H2. The number of nitrogens with one attached hydrogen (secondary N) is 1. The number of anilines is 1. The number of amides is 1. The molecule has 0 aliphatic carbocycles. The Labute approximate surface area is 233 Å². The van der Waals surface area contributed by atoms with Crippen LogP contribution in [0.2, 0.25) is 5.02 Å². The number of cyclic esters (lactones) is 1. The molecule has 2 saturated heterocycles. The summed E-state index contributed by atoms with van der Waals surface area (Å²) in [6, 6.07) is 11.1. The fraction of sp³-hybridized carbons (Fsp3) is 0.296. The van der Waals surface area contributed by atoms with Gasteiger partial charge in [-0.3, -0.25) is 14.8 Å². The molecule has 39 heavy (non-hydrogen) atoms. The van der Waals surface area contributed by atoms with E-state index >= 15 is 0 Å². The van der Waals surface area contributed by atoms with Gasteiger partial charge in [-0.15, -0.1) is 11.3 Å². The number of thiazole rings is 1. The van der Waals surface area contributed by atoms with E-state index in [1.807, 2.05) is 17.0 Å². The molecule has 0 saturated carbocycles. The van der Waals surface area contributed by atoms with Gasteiger partial charge in [0, 0.05) is 29.0 Å². The summed E-state index contributed by atoms with van der Waals surface area (Å²) >= 11 is 7.21. The molecule has 2 aromatic carbocycles. The normalized spacial score (nSPS) is 16.4. The summed E-state index contributed by atoms with van der Waals surface area (Å²) in [4.78, 5) is 35.3. The first-order valence-electron chi connectivity index (χ1n) is 12.5. The number of benzene rings is 2. The molecular weight excluding hydrogens is 538 g/mol. The summed E-state index contributed by atoms with van der Waals surface area (Å²) < 4.78 is 6.50. The molecule has 5 N–H and O–H groups in total. The van der Waals surface area contributed by atoms with Crippen LogP contribution in [0.15, 0.2) is 47.4 Å². The number of ether oxygens (including phenoxy) is 1. The number of fused-ring (bicyclic) bond motifs is 2. The zero-order valence-corrected chi connectivity index (χ0v) is 22.9. The highest BCUT2D eigenvalue weighted by atomic mass is 35.5. The fourth-order valence-electron chi connectivity index (χ4n) is 4.73. The molecule has 12 heteroatoms. The minimum absolute atomic E-state index is 0.0489. The SMILES string of the molecule is Cc1nc2cc(-c3ncc(C(=N)N)s3)c(N)cc2c(=O)n1Cc1ccc(Cl)cc1.O=C1OCC2CCCCN12. The van der Waals surface area contributed by atoms with Crippen LogP contribution in [0.1, 0.15) is 35.5 Å². The van der Waals surface area contributed by atoms with Crippen LogP contribution in [-0.4, -0.2) is 50.6 Å². The molecule has 1 unspecified atom stereocenters. The Balaban J connectivity index is 0.000000257. The minimum Gasteiger partial charge on any atom is -0.447 e. The molecule has 6 rings (SSSR count). The van der Waals surface area contributed by atoms with Crippen molar-refractivity contribution in [2.24, 2.45) is 5.73 Å². The molecule has 4 heterocycles. The number of piperidine rings is 1. The van der Waals surface area contributed by atoms with Gasteiger partial charge in [-0.25, -0.2) is 14.8 Å². The molecule has 0 radical (unpaired) electrons. The number of carbonyl (C=O) groups excluding carboxylic acids is 1. The molecule has 2 fully saturated rings. The number of carbonyl (C=O) groups is 1. The summed E-state index contributed by atoms with van der Waals surface area (Å²) in [6.07, 6.45) is 4.95. The fourth-order valence-corrected chi connectivity index (χ4v) is 5.67. The van der Waals surface area contributed by atoms with Crippen molar-refractivity contribution in [3.63, 3.8) is 0 Å². The van der Waals surface area contributed by atoms with Crippen molar-refractivity contribution in [3.05, 3.63) is 74.2 Å². The summed E-state index contributed by atoms with van der Waals surface area (Å²) in [7, 11) is 0. The highest BCUT2D eigenvalue weighted by Crippen LogP contribution is 2.32. The van der Waals surface area contributed by atoms with E-state index < -0.39 is 0 Å². The van der Waals surface area contributed by atoms with E-state index in [4.69, 9.17) is 33.2 Å². The molecule has 1 amide bonds. The molecule has 4 aromatic rings. The monoisotopic (exact) mass is 565 g/mol. The molecule has 2 aromatic heterocycles. The van der Waals surface area contributed by atoms with E-state index in [2.05, 4.69) is 9.97 Å². The highest BCUT2D eigenvalue weighted by Gasteiger charge is 2.34. The number of amidine groups is 1. The van der Waals surface area contributed by atoms with E-state index in [1.54, 1.807) is 35.8 Å². The van der Waals surface area contributed by atoms with Crippen molar-refractivity contribution in [3.8, 4) is 10.6 Å². The molecule has 10 nitrogen and oxygen atoms in total. The van der Waals surface area contributed by atoms with Crippen molar-refractivity contribution >= 4 is 51.5 Å². The smallest absolute Gasteiger partial charge is 0.410 e. The first-order chi connectivity index (χ1) is 18.7. The van der Waals surface area contributed by atoms with Gasteiger partial charge in [0.25, 0.3) is 5.56 Å². The third-order valence-corrected chi connectivity index (χ3v) is 8.15. The summed E-state index contributed by atoms with van der Waals surface area (Å²) in [6.45, 7) is 3.72. The Morgan fingerprint density at radius 3 is 2.69 bits per heavy atom. The third kappa shape index (κ3) is 5.59. The Bertz CT molecular complexity index is 1620. The maximum absolute atomic E-state index is 13.1. The number of aryl methyl sites for hydroxylation is 1. The first kappa shape index (κ1) is 26.6. The topological polar surface area (TPSA) is 153 Å². The van der Waals surface area contributed by atoms with Gasteiger partial charge in [0.1, 0.15) is 23.3 Å². The lowest BCUT2D eigenvalue weighted by Crippen LogP contribution is -2.37. The van der Waals surface area contributed by atoms with E-state index in [9.17, 15) is 9.59 Å². The number of halogens is 1. The molecule has 2 aliphatic heterocycles. The highest BCUT2D eigenvalue weighted by molar-refractivity contribution is 7.17. The van der Waals surface area contributed by atoms with Gasteiger partial charge in [-0.05, 0) is 56.0 Å². The van der Waals surface area contributed by atoms with Crippen molar-refractivity contribution < 1.29 is 9.53 Å². The molecular formula is C27H28ClN7O3S. The van der Waals surface area contributed by atoms with Gasteiger partial charge in [-0.2, -0.15) is 0 Å². The zero-order chi connectivity index (χ0) is 27.7. The number of aromatic nitrogens is 3. The summed E-state index contributed by atoms with van der Waals surface area (Å²) in [5.41, 5.74) is 14.2. The van der Waals surface area contributed by atoms with Gasteiger partial charge in [0.05, 0.1) is 28.4 Å². The van der Waals surface area contributed by atoms with Crippen LogP contribution in [-0.2, 0) is 11.3 Å². The van der Waals surface area contributed by atoms with Crippen LogP contribution in [0.4, 0.5) is 10.5 Å². The lowest BCUT2D eigenvalue weighted by molar-refractivity contribution is 0.154. The average molecular weight is 566 g/mol. The van der Waals surface area contributed by atoms with Gasteiger partial charge in [0.15, 0.2) is 0 Å². The summed E-state index contributed by atoms with van der Waals surface area (Å²) in [5, 5.41) is 9.24. The predicted molar refractivity (Wildman–Crippen MR) is 154 cm³/mol. The number of nitrogen functional groups attached to an aromatic ring is 2. The largest absolute Gasteiger partial charge is 0.447 e. The molecule has 202 valence electrons. The average Bonchev–Trinajstić information content (AvgIpc) is 3.56. The first-order valence-corrected chi connectivity index (χ1v) is 13.7. The predicted octanol–water partition coefficient (Wildman–Crippen LogP) is 4.39. The Hall–Kier alpha value is -3.96. The van der Waals surface area contributed by atoms with Gasteiger partial charge >= 0.3 is 6.09 Å². The van der Waals surface area contributed by atoms with Crippen molar-refractivity contribution in [2.75, 3.05) is 18.9 Å². The van der Waals surface area contributed by atoms with Crippen LogP contribution in [0.5, 0.6) is 0 Å². The number of hydrogen-bond acceptors (Lipinski definition) is 8.